The molecule has 7 heteroatoms. The molecule has 2 aromatic rings. The maximum Gasteiger partial charge on any atom is 0.295 e. The summed E-state index contributed by atoms with van der Waals surface area (Å²) in [5.74, 6) is -0.640. The van der Waals surface area contributed by atoms with Gasteiger partial charge in [-0.1, -0.05) is 6.07 Å². The smallest absolute Gasteiger partial charge is 0.295 e. The molecule has 2 aliphatic heterocycles. The number of hydrogen-bond acceptors (Lipinski definition) is 6. The van der Waals surface area contributed by atoms with Gasteiger partial charge >= 0.3 is 0 Å². The lowest BCUT2D eigenvalue weighted by atomic mass is 9.98. The van der Waals surface area contributed by atoms with Crippen molar-refractivity contribution in [3.63, 3.8) is 0 Å². The molecule has 1 atom stereocenters. The summed E-state index contributed by atoms with van der Waals surface area (Å²) in [7, 11) is 1.54. The van der Waals surface area contributed by atoms with E-state index in [9.17, 15) is 14.7 Å². The van der Waals surface area contributed by atoms with Crippen LogP contribution in [0.2, 0.25) is 0 Å². The van der Waals surface area contributed by atoms with Crippen LogP contribution in [-0.4, -0.2) is 48.6 Å². The minimum atomic E-state index is -0.668. The lowest BCUT2D eigenvalue weighted by Crippen LogP contribution is -2.32. The molecule has 6 nitrogen and oxygen atoms in total. The number of amides is 1. The van der Waals surface area contributed by atoms with Crippen molar-refractivity contribution in [1.29, 1.82) is 0 Å². The molecular formula is C20H19NO5S. The molecule has 2 aliphatic rings. The number of aliphatic hydroxyl groups is 1. The van der Waals surface area contributed by atoms with Crippen LogP contribution in [0.25, 0.3) is 5.76 Å². The van der Waals surface area contributed by atoms with E-state index in [1.807, 2.05) is 23.6 Å². The van der Waals surface area contributed by atoms with Crippen molar-refractivity contribution < 1.29 is 24.2 Å². The number of methoxy groups -OCH3 is 1. The Hall–Kier alpha value is -2.64. The van der Waals surface area contributed by atoms with E-state index in [2.05, 4.69) is 0 Å². The van der Waals surface area contributed by atoms with Gasteiger partial charge in [0, 0.05) is 30.5 Å². The van der Waals surface area contributed by atoms with Gasteiger partial charge in [0.25, 0.3) is 11.7 Å². The highest BCUT2D eigenvalue weighted by molar-refractivity contribution is 7.10. The maximum absolute atomic E-state index is 12.8. The summed E-state index contributed by atoms with van der Waals surface area (Å²) < 4.78 is 10.6. The van der Waals surface area contributed by atoms with Crippen LogP contribution in [0.15, 0.2) is 41.3 Å². The normalized spacial score (nSPS) is 20.8. The van der Waals surface area contributed by atoms with Gasteiger partial charge in [-0.15, -0.1) is 11.3 Å². The lowest BCUT2D eigenvalue weighted by Gasteiger charge is -2.23. The molecule has 0 spiro atoms. The van der Waals surface area contributed by atoms with Crippen LogP contribution in [-0.2, 0) is 20.7 Å². The number of fused-ring (bicyclic) bond motifs is 1. The van der Waals surface area contributed by atoms with Crippen LogP contribution in [0.4, 0.5) is 0 Å². The summed E-state index contributed by atoms with van der Waals surface area (Å²) in [4.78, 5) is 27.7. The number of carbonyl (C=O) groups is 2. The van der Waals surface area contributed by atoms with Gasteiger partial charge in [-0.05, 0) is 35.2 Å². The fourth-order valence-electron chi connectivity index (χ4n) is 3.53. The van der Waals surface area contributed by atoms with Crippen molar-refractivity contribution in [2.45, 2.75) is 12.5 Å². The molecule has 1 N–H and O–H groups in total. The van der Waals surface area contributed by atoms with E-state index in [0.29, 0.717) is 18.8 Å². The third-order valence-electron chi connectivity index (χ3n) is 4.85. The molecule has 27 heavy (non-hydrogen) atoms. The van der Waals surface area contributed by atoms with Gasteiger partial charge in [-0.3, -0.25) is 9.59 Å². The summed E-state index contributed by atoms with van der Waals surface area (Å²) in [5.41, 5.74) is 1.63. The van der Waals surface area contributed by atoms with Crippen LogP contribution in [0.1, 0.15) is 22.0 Å². The molecule has 140 valence electrons. The Morgan fingerprint density at radius 3 is 2.96 bits per heavy atom. The highest BCUT2D eigenvalue weighted by Gasteiger charge is 2.46. The van der Waals surface area contributed by atoms with Gasteiger partial charge in [0.15, 0.2) is 0 Å². The predicted octanol–water partition coefficient (Wildman–Crippen LogP) is 2.75. The third-order valence-corrected chi connectivity index (χ3v) is 5.78. The zero-order valence-corrected chi connectivity index (χ0v) is 15.6. The molecule has 0 aliphatic carbocycles. The zero-order valence-electron chi connectivity index (χ0n) is 14.8. The number of Topliss-reactive ketones (excluding diaryl/α,β-unsaturated/α-hetero) is 1. The molecule has 1 fully saturated rings. The average Bonchev–Trinajstić information content (AvgIpc) is 3.40. The molecule has 0 bridgehead atoms. The molecule has 0 saturated carbocycles. The quantitative estimate of drug-likeness (QED) is 0.487. The maximum atomic E-state index is 12.8. The Kier molecular flexibility index (Phi) is 4.72. The van der Waals surface area contributed by atoms with Crippen molar-refractivity contribution in [3.8, 4) is 5.75 Å². The Balaban J connectivity index is 1.81. The monoisotopic (exact) mass is 385 g/mol. The Labute approximate surface area is 160 Å². The van der Waals surface area contributed by atoms with Gasteiger partial charge in [-0.25, -0.2) is 0 Å². The van der Waals surface area contributed by atoms with E-state index >= 15 is 0 Å². The standard InChI is InChI=1S/C20H19NO5S/c1-25-9-7-21-17(15-3-2-10-27-15)16(19(23)20(21)24)18(22)13-4-5-14-12(11-13)6-8-26-14/h2-5,10-11,17,22H,6-9H2,1H3/b18-16-. The SMILES string of the molecule is COCCN1C(=O)C(=O)/C(=C(\O)c2ccc3c(c2)CCO3)C1c1cccs1. The summed E-state index contributed by atoms with van der Waals surface area (Å²) in [5, 5.41) is 12.9. The number of rotatable bonds is 5. The number of ether oxygens (including phenoxy) is 2. The van der Waals surface area contributed by atoms with Crippen molar-refractivity contribution >= 4 is 28.8 Å². The molecule has 1 saturated heterocycles. The van der Waals surface area contributed by atoms with E-state index in [1.165, 1.54) is 16.2 Å². The molecule has 1 amide bonds. The van der Waals surface area contributed by atoms with Crippen LogP contribution in [0.3, 0.4) is 0 Å². The van der Waals surface area contributed by atoms with Crippen LogP contribution in [0, 0.1) is 0 Å². The minimum Gasteiger partial charge on any atom is -0.507 e. The van der Waals surface area contributed by atoms with E-state index in [0.717, 1.165) is 22.6 Å². The van der Waals surface area contributed by atoms with E-state index < -0.39 is 17.7 Å². The van der Waals surface area contributed by atoms with Crippen molar-refractivity contribution in [2.24, 2.45) is 0 Å². The number of benzene rings is 1. The van der Waals surface area contributed by atoms with E-state index in [1.54, 1.807) is 19.2 Å². The number of ketones is 1. The summed E-state index contributed by atoms with van der Waals surface area (Å²) in [6.45, 7) is 1.19. The number of carbonyl (C=O) groups excluding carboxylic acids is 2. The Morgan fingerprint density at radius 1 is 1.37 bits per heavy atom. The fourth-order valence-corrected chi connectivity index (χ4v) is 4.38. The lowest BCUT2D eigenvalue weighted by molar-refractivity contribution is -0.140. The van der Waals surface area contributed by atoms with Crippen LogP contribution >= 0.6 is 11.3 Å². The number of aliphatic hydroxyl groups excluding tert-OH is 1. The van der Waals surface area contributed by atoms with Crippen LogP contribution in [0.5, 0.6) is 5.75 Å². The first-order valence-corrected chi connectivity index (χ1v) is 9.56. The summed E-state index contributed by atoms with van der Waals surface area (Å²) in [6, 6.07) is 8.45. The average molecular weight is 385 g/mol. The third kappa shape index (κ3) is 3.02. The second kappa shape index (κ2) is 7.17. The summed E-state index contributed by atoms with van der Waals surface area (Å²) in [6.07, 6.45) is 0.757. The minimum absolute atomic E-state index is 0.123. The highest BCUT2D eigenvalue weighted by atomic mass is 32.1. The van der Waals surface area contributed by atoms with Gasteiger partial charge in [0.1, 0.15) is 11.5 Å². The first-order valence-electron chi connectivity index (χ1n) is 8.68. The zero-order chi connectivity index (χ0) is 19.0. The summed E-state index contributed by atoms with van der Waals surface area (Å²) >= 11 is 1.45. The molecule has 1 unspecified atom stereocenters. The van der Waals surface area contributed by atoms with Crippen molar-refractivity contribution in [2.75, 3.05) is 26.9 Å². The molecular weight excluding hydrogens is 366 g/mol. The van der Waals surface area contributed by atoms with Gasteiger partial charge in [-0.2, -0.15) is 0 Å². The number of likely N-dealkylation sites (tertiary alicyclic amines) is 1. The van der Waals surface area contributed by atoms with Gasteiger partial charge in [0.05, 0.1) is 24.8 Å². The largest absolute Gasteiger partial charge is 0.507 e. The molecule has 3 heterocycles. The first-order chi connectivity index (χ1) is 13.1. The van der Waals surface area contributed by atoms with Gasteiger partial charge in [0.2, 0.25) is 0 Å². The second-order valence-corrected chi connectivity index (χ2v) is 7.40. The van der Waals surface area contributed by atoms with E-state index in [-0.39, 0.29) is 17.9 Å². The molecule has 1 aromatic heterocycles. The topological polar surface area (TPSA) is 76.1 Å². The highest BCUT2D eigenvalue weighted by Crippen LogP contribution is 2.41. The Bertz CT molecular complexity index is 918. The predicted molar refractivity (Wildman–Crippen MR) is 101 cm³/mol. The Morgan fingerprint density at radius 2 is 2.22 bits per heavy atom. The van der Waals surface area contributed by atoms with Crippen molar-refractivity contribution in [3.05, 3.63) is 57.3 Å². The van der Waals surface area contributed by atoms with E-state index in [4.69, 9.17) is 9.47 Å². The van der Waals surface area contributed by atoms with Gasteiger partial charge < -0.3 is 19.5 Å². The molecule has 4 rings (SSSR count). The molecule has 0 radical (unpaired) electrons. The first kappa shape index (κ1) is 17.8. The number of thiophene rings is 1. The fraction of sp³-hybridized carbons (Fsp3) is 0.300. The second-order valence-electron chi connectivity index (χ2n) is 6.42. The van der Waals surface area contributed by atoms with Crippen LogP contribution < -0.4 is 4.74 Å². The van der Waals surface area contributed by atoms with Crippen molar-refractivity contribution in [1.82, 2.24) is 4.90 Å². The number of hydrogen-bond donors (Lipinski definition) is 1. The molecule has 1 aromatic carbocycles. The number of nitrogens with zero attached hydrogens (tertiary/aromatic N) is 1.